The predicted molar refractivity (Wildman–Crippen MR) is 93.5 cm³/mol. The summed E-state index contributed by atoms with van der Waals surface area (Å²) in [4.78, 5) is 11.8. The van der Waals surface area contributed by atoms with Gasteiger partial charge in [0.2, 0.25) is 0 Å². The molecule has 0 saturated carbocycles. The van der Waals surface area contributed by atoms with E-state index in [-0.39, 0.29) is 12.5 Å². The number of benzene rings is 2. The summed E-state index contributed by atoms with van der Waals surface area (Å²) in [6, 6.07) is 16.2. The molecule has 0 saturated heterocycles. The molecular weight excluding hydrogens is 328 g/mol. The third-order valence-corrected chi connectivity index (χ3v) is 3.51. The van der Waals surface area contributed by atoms with Crippen molar-refractivity contribution >= 4 is 34.2 Å². The predicted octanol–water partition coefficient (Wildman–Crippen LogP) is 3.76. The van der Waals surface area contributed by atoms with Crippen molar-refractivity contribution in [1.82, 2.24) is 10.9 Å². The van der Waals surface area contributed by atoms with Gasteiger partial charge in [-0.05, 0) is 36.4 Å². The standard InChI is InChI=1S/C18H15ClN2O3/c1-12(17-10-13-4-2-3-5-16(13)24-17)20-21-18(22)11-23-15-8-6-14(19)7-9-15/h2-10,20H,1,11H2,(H,21,22). The molecule has 6 heteroatoms. The van der Waals surface area contributed by atoms with E-state index in [1.54, 1.807) is 24.3 Å². The van der Waals surface area contributed by atoms with Gasteiger partial charge in [0.25, 0.3) is 5.91 Å². The number of ether oxygens (including phenoxy) is 1. The minimum atomic E-state index is -0.345. The lowest BCUT2D eigenvalue weighted by Crippen LogP contribution is -2.38. The SMILES string of the molecule is C=C(NNC(=O)COc1ccc(Cl)cc1)c1cc2ccccc2o1. The van der Waals surface area contributed by atoms with Gasteiger partial charge in [0, 0.05) is 10.4 Å². The number of hydrogen-bond acceptors (Lipinski definition) is 4. The number of rotatable bonds is 6. The van der Waals surface area contributed by atoms with E-state index in [9.17, 15) is 4.79 Å². The van der Waals surface area contributed by atoms with Crippen LogP contribution in [0.4, 0.5) is 0 Å². The quantitative estimate of drug-likeness (QED) is 0.669. The molecule has 2 N–H and O–H groups in total. The third-order valence-electron chi connectivity index (χ3n) is 3.26. The molecule has 1 amide bonds. The number of carbonyl (C=O) groups excluding carboxylic acids is 1. The Labute approximate surface area is 143 Å². The van der Waals surface area contributed by atoms with Gasteiger partial charge in [-0.15, -0.1) is 0 Å². The molecule has 0 aliphatic heterocycles. The lowest BCUT2D eigenvalue weighted by atomic mass is 10.2. The van der Waals surface area contributed by atoms with Crippen molar-refractivity contribution in [1.29, 1.82) is 0 Å². The molecule has 0 unspecified atom stereocenters. The fraction of sp³-hybridized carbons (Fsp3) is 0.0556. The topological polar surface area (TPSA) is 63.5 Å². The van der Waals surface area contributed by atoms with Gasteiger partial charge < -0.3 is 9.15 Å². The van der Waals surface area contributed by atoms with Crippen LogP contribution in [0, 0.1) is 0 Å². The van der Waals surface area contributed by atoms with Crippen molar-refractivity contribution in [2.24, 2.45) is 0 Å². The Bertz CT molecular complexity index is 838. The summed E-state index contributed by atoms with van der Waals surface area (Å²) < 4.78 is 11.0. The van der Waals surface area contributed by atoms with Gasteiger partial charge in [-0.2, -0.15) is 0 Å². The molecule has 0 aliphatic carbocycles. The van der Waals surface area contributed by atoms with Gasteiger partial charge in [-0.3, -0.25) is 15.6 Å². The molecule has 3 aromatic rings. The fourth-order valence-corrected chi connectivity index (χ4v) is 2.18. The Morgan fingerprint density at radius 3 is 2.62 bits per heavy atom. The Hall–Kier alpha value is -2.92. The summed E-state index contributed by atoms with van der Waals surface area (Å²) >= 11 is 5.78. The average molecular weight is 343 g/mol. The second-order valence-corrected chi connectivity index (χ2v) is 5.48. The first kappa shape index (κ1) is 16.0. The zero-order chi connectivity index (χ0) is 16.9. The van der Waals surface area contributed by atoms with E-state index in [4.69, 9.17) is 20.8 Å². The van der Waals surface area contributed by atoms with Gasteiger partial charge in [0.15, 0.2) is 12.4 Å². The van der Waals surface area contributed by atoms with E-state index in [0.717, 1.165) is 11.0 Å². The van der Waals surface area contributed by atoms with Gasteiger partial charge >= 0.3 is 0 Å². The molecular formula is C18H15ClN2O3. The lowest BCUT2D eigenvalue weighted by Gasteiger charge is -2.10. The van der Waals surface area contributed by atoms with Crippen molar-refractivity contribution < 1.29 is 13.9 Å². The van der Waals surface area contributed by atoms with Crippen molar-refractivity contribution in [3.63, 3.8) is 0 Å². The number of hydrogen-bond donors (Lipinski definition) is 2. The first-order chi connectivity index (χ1) is 11.6. The van der Waals surface area contributed by atoms with Crippen LogP contribution < -0.4 is 15.6 Å². The van der Waals surface area contributed by atoms with Crippen LogP contribution in [0.15, 0.2) is 65.6 Å². The molecule has 1 aromatic heterocycles. The van der Waals surface area contributed by atoms with E-state index < -0.39 is 0 Å². The normalized spacial score (nSPS) is 10.4. The molecule has 0 atom stereocenters. The van der Waals surface area contributed by atoms with Crippen molar-refractivity contribution in [3.8, 4) is 5.75 Å². The van der Waals surface area contributed by atoms with E-state index >= 15 is 0 Å². The monoisotopic (exact) mass is 342 g/mol. The summed E-state index contributed by atoms with van der Waals surface area (Å²) in [5.41, 5.74) is 6.43. The molecule has 122 valence electrons. The minimum absolute atomic E-state index is 0.137. The summed E-state index contributed by atoms with van der Waals surface area (Å²) in [5.74, 6) is 0.767. The number of carbonyl (C=O) groups is 1. The average Bonchev–Trinajstić information content (AvgIpc) is 3.03. The Balaban J connectivity index is 1.50. The highest BCUT2D eigenvalue weighted by Gasteiger charge is 2.08. The molecule has 0 fully saturated rings. The number of halogens is 1. The smallest absolute Gasteiger partial charge is 0.276 e. The zero-order valence-electron chi connectivity index (χ0n) is 12.7. The maximum absolute atomic E-state index is 11.8. The first-order valence-corrected chi connectivity index (χ1v) is 7.61. The van der Waals surface area contributed by atoms with Crippen LogP contribution in [0.2, 0.25) is 5.02 Å². The number of furan rings is 1. The highest BCUT2D eigenvalue weighted by Crippen LogP contribution is 2.22. The van der Waals surface area contributed by atoms with Crippen LogP contribution in [-0.2, 0) is 4.79 Å². The van der Waals surface area contributed by atoms with Gasteiger partial charge in [-0.25, -0.2) is 0 Å². The molecule has 0 aliphatic rings. The fourth-order valence-electron chi connectivity index (χ4n) is 2.05. The minimum Gasteiger partial charge on any atom is -0.484 e. The van der Waals surface area contributed by atoms with Crippen LogP contribution in [0.5, 0.6) is 5.75 Å². The summed E-state index contributed by atoms with van der Waals surface area (Å²) in [7, 11) is 0. The molecule has 0 bridgehead atoms. The number of nitrogens with one attached hydrogen (secondary N) is 2. The van der Waals surface area contributed by atoms with Gasteiger partial charge in [-0.1, -0.05) is 36.4 Å². The van der Waals surface area contributed by atoms with Crippen LogP contribution >= 0.6 is 11.6 Å². The van der Waals surface area contributed by atoms with Crippen LogP contribution in [0.25, 0.3) is 16.7 Å². The lowest BCUT2D eigenvalue weighted by molar-refractivity contribution is -0.123. The highest BCUT2D eigenvalue weighted by molar-refractivity contribution is 6.30. The summed E-state index contributed by atoms with van der Waals surface area (Å²) in [5, 5.41) is 1.57. The number of amides is 1. The largest absolute Gasteiger partial charge is 0.484 e. The number of hydrazine groups is 1. The maximum atomic E-state index is 11.8. The summed E-state index contributed by atoms with van der Waals surface area (Å²) in [6.45, 7) is 3.71. The van der Waals surface area contributed by atoms with Crippen molar-refractivity contribution in [2.45, 2.75) is 0 Å². The van der Waals surface area contributed by atoms with Crippen LogP contribution in [0.3, 0.4) is 0 Å². The van der Waals surface area contributed by atoms with Crippen molar-refractivity contribution in [3.05, 3.63) is 72.0 Å². The maximum Gasteiger partial charge on any atom is 0.276 e. The van der Waals surface area contributed by atoms with Crippen LogP contribution in [-0.4, -0.2) is 12.5 Å². The molecule has 0 spiro atoms. The summed E-state index contributed by atoms with van der Waals surface area (Å²) in [6.07, 6.45) is 0. The Morgan fingerprint density at radius 1 is 1.12 bits per heavy atom. The molecule has 1 heterocycles. The molecule has 3 rings (SSSR count). The van der Waals surface area contributed by atoms with E-state index in [2.05, 4.69) is 17.4 Å². The van der Waals surface area contributed by atoms with Gasteiger partial charge in [0.1, 0.15) is 11.3 Å². The Kier molecular flexibility index (Phi) is 4.72. The highest BCUT2D eigenvalue weighted by atomic mass is 35.5. The van der Waals surface area contributed by atoms with Gasteiger partial charge in [0.05, 0.1) is 5.70 Å². The van der Waals surface area contributed by atoms with Crippen LogP contribution in [0.1, 0.15) is 5.76 Å². The second-order valence-electron chi connectivity index (χ2n) is 5.04. The zero-order valence-corrected chi connectivity index (χ0v) is 13.5. The number of fused-ring (bicyclic) bond motifs is 1. The molecule has 5 nitrogen and oxygen atoms in total. The first-order valence-electron chi connectivity index (χ1n) is 7.23. The van der Waals surface area contributed by atoms with E-state index in [1.165, 1.54) is 0 Å². The molecule has 2 aromatic carbocycles. The second kappa shape index (κ2) is 7.10. The van der Waals surface area contributed by atoms with Crippen molar-refractivity contribution in [2.75, 3.05) is 6.61 Å². The Morgan fingerprint density at radius 2 is 1.88 bits per heavy atom. The molecule has 24 heavy (non-hydrogen) atoms. The third kappa shape index (κ3) is 3.88. The van der Waals surface area contributed by atoms with E-state index in [0.29, 0.717) is 22.2 Å². The van der Waals surface area contributed by atoms with E-state index in [1.807, 2.05) is 30.3 Å². The molecule has 0 radical (unpaired) electrons. The number of para-hydroxylation sites is 1.